The molecule has 0 amide bonds. The Morgan fingerprint density at radius 2 is 2.18 bits per heavy atom. The van der Waals surface area contributed by atoms with E-state index in [2.05, 4.69) is 37.7 Å². The lowest BCUT2D eigenvalue weighted by Crippen LogP contribution is -2.28. The van der Waals surface area contributed by atoms with Gasteiger partial charge in [-0.3, -0.25) is 4.79 Å². The quantitative estimate of drug-likeness (QED) is 0.899. The van der Waals surface area contributed by atoms with Crippen molar-refractivity contribution in [3.63, 3.8) is 0 Å². The van der Waals surface area contributed by atoms with Crippen LogP contribution in [-0.4, -0.2) is 27.7 Å². The third-order valence-electron chi connectivity index (χ3n) is 3.16. The highest BCUT2D eigenvalue weighted by Gasteiger charge is 2.21. The number of nitrogens with one attached hydrogen (secondary N) is 2. The standard InChI is InChI=1S/C11H16BrN3OS/c1-17-8-4-2-7(3-5-8)14-9-6-13-15-11(16)10(9)12/h6-8H,2-5H2,1H3,(H2,14,15,16). The lowest BCUT2D eigenvalue weighted by atomic mass is 9.95. The lowest BCUT2D eigenvalue weighted by Gasteiger charge is -2.28. The summed E-state index contributed by atoms with van der Waals surface area (Å²) in [7, 11) is 0. The van der Waals surface area contributed by atoms with Crippen LogP contribution in [0.15, 0.2) is 15.5 Å². The van der Waals surface area contributed by atoms with Gasteiger partial charge in [-0.15, -0.1) is 0 Å². The minimum absolute atomic E-state index is 0.187. The van der Waals surface area contributed by atoms with E-state index in [9.17, 15) is 4.79 Å². The van der Waals surface area contributed by atoms with E-state index in [1.165, 1.54) is 12.8 Å². The van der Waals surface area contributed by atoms with E-state index in [0.29, 0.717) is 10.5 Å². The Hall–Kier alpha value is -0.490. The van der Waals surface area contributed by atoms with Crippen molar-refractivity contribution >= 4 is 33.4 Å². The fourth-order valence-corrected chi connectivity index (χ4v) is 3.20. The van der Waals surface area contributed by atoms with E-state index in [4.69, 9.17) is 0 Å². The average molecular weight is 318 g/mol. The number of anilines is 1. The van der Waals surface area contributed by atoms with Crippen molar-refractivity contribution < 1.29 is 0 Å². The molecule has 2 N–H and O–H groups in total. The van der Waals surface area contributed by atoms with E-state index in [1.54, 1.807) is 6.20 Å². The monoisotopic (exact) mass is 317 g/mol. The molecule has 0 saturated heterocycles. The van der Waals surface area contributed by atoms with Gasteiger partial charge in [-0.2, -0.15) is 16.9 Å². The van der Waals surface area contributed by atoms with E-state index in [0.717, 1.165) is 23.8 Å². The van der Waals surface area contributed by atoms with Gasteiger partial charge in [-0.1, -0.05) is 0 Å². The smallest absolute Gasteiger partial charge is 0.280 e. The van der Waals surface area contributed by atoms with Crippen LogP contribution in [0.1, 0.15) is 25.7 Å². The second-order valence-electron chi connectivity index (χ2n) is 4.28. The van der Waals surface area contributed by atoms with Crippen molar-refractivity contribution in [1.29, 1.82) is 0 Å². The maximum Gasteiger partial charge on any atom is 0.280 e. The summed E-state index contributed by atoms with van der Waals surface area (Å²) in [4.78, 5) is 11.4. The number of thioether (sulfide) groups is 1. The molecule has 2 rings (SSSR count). The Bertz CT molecular complexity index is 429. The minimum Gasteiger partial charge on any atom is -0.380 e. The lowest BCUT2D eigenvalue weighted by molar-refractivity contribution is 0.473. The fourth-order valence-electron chi connectivity index (χ4n) is 2.15. The SMILES string of the molecule is CSC1CCC(Nc2cn[nH]c(=O)c2Br)CC1. The number of hydrogen-bond acceptors (Lipinski definition) is 4. The molecular weight excluding hydrogens is 302 g/mol. The first-order valence-corrected chi connectivity index (χ1v) is 7.81. The average Bonchev–Trinajstić information content (AvgIpc) is 2.36. The summed E-state index contributed by atoms with van der Waals surface area (Å²) in [6.07, 6.45) is 8.64. The molecule has 1 aliphatic carbocycles. The van der Waals surface area contributed by atoms with Crippen molar-refractivity contribution in [2.24, 2.45) is 0 Å². The molecule has 0 atom stereocenters. The number of hydrogen-bond donors (Lipinski definition) is 2. The van der Waals surface area contributed by atoms with Crippen LogP contribution in [-0.2, 0) is 0 Å². The third kappa shape index (κ3) is 3.25. The Balaban J connectivity index is 1.98. The number of aromatic nitrogens is 2. The van der Waals surface area contributed by atoms with E-state index in [1.807, 2.05) is 11.8 Å². The van der Waals surface area contributed by atoms with Crippen LogP contribution in [0, 0.1) is 0 Å². The molecule has 6 heteroatoms. The summed E-state index contributed by atoms with van der Waals surface area (Å²) in [5.41, 5.74) is 0.606. The zero-order valence-electron chi connectivity index (χ0n) is 9.70. The highest BCUT2D eigenvalue weighted by molar-refractivity contribution is 9.10. The van der Waals surface area contributed by atoms with Gasteiger partial charge in [0.25, 0.3) is 5.56 Å². The molecule has 94 valence electrons. The molecule has 0 spiro atoms. The molecule has 0 unspecified atom stereocenters. The van der Waals surface area contributed by atoms with Gasteiger partial charge in [0.2, 0.25) is 0 Å². The highest BCUT2D eigenvalue weighted by Crippen LogP contribution is 2.29. The summed E-state index contributed by atoms with van der Waals surface area (Å²) in [6.45, 7) is 0. The van der Waals surface area contributed by atoms with Crippen LogP contribution in [0.2, 0.25) is 0 Å². The molecule has 1 saturated carbocycles. The molecule has 1 aromatic rings. The topological polar surface area (TPSA) is 57.8 Å². The predicted molar refractivity (Wildman–Crippen MR) is 75.7 cm³/mol. The number of H-pyrrole nitrogens is 1. The first-order valence-electron chi connectivity index (χ1n) is 5.73. The summed E-state index contributed by atoms with van der Waals surface area (Å²) in [6, 6.07) is 0.457. The first-order chi connectivity index (χ1) is 8.20. The largest absolute Gasteiger partial charge is 0.380 e. The predicted octanol–water partition coefficient (Wildman–Crippen LogP) is 2.62. The molecule has 17 heavy (non-hydrogen) atoms. The van der Waals surface area contributed by atoms with Gasteiger partial charge >= 0.3 is 0 Å². The molecule has 4 nitrogen and oxygen atoms in total. The van der Waals surface area contributed by atoms with Crippen molar-refractivity contribution in [2.45, 2.75) is 37.0 Å². The molecule has 1 aliphatic rings. The van der Waals surface area contributed by atoms with Gasteiger partial charge in [0.1, 0.15) is 4.47 Å². The normalized spacial score (nSPS) is 24.6. The molecule has 0 bridgehead atoms. The Morgan fingerprint density at radius 1 is 1.47 bits per heavy atom. The number of nitrogens with zero attached hydrogens (tertiary/aromatic N) is 1. The summed E-state index contributed by atoms with van der Waals surface area (Å²) in [5.74, 6) is 0. The van der Waals surface area contributed by atoms with Gasteiger partial charge in [-0.25, -0.2) is 5.10 Å². The van der Waals surface area contributed by atoms with Gasteiger partial charge < -0.3 is 5.32 Å². The van der Waals surface area contributed by atoms with Crippen LogP contribution in [0.4, 0.5) is 5.69 Å². The fraction of sp³-hybridized carbons (Fsp3) is 0.636. The van der Waals surface area contributed by atoms with Crippen LogP contribution < -0.4 is 10.9 Å². The van der Waals surface area contributed by atoms with Gasteiger partial charge in [-0.05, 0) is 47.9 Å². The molecule has 1 aromatic heterocycles. The number of aromatic amines is 1. The van der Waals surface area contributed by atoms with Crippen LogP contribution in [0.25, 0.3) is 0 Å². The summed E-state index contributed by atoms with van der Waals surface area (Å²) in [5, 5.41) is 10.4. The van der Waals surface area contributed by atoms with Crippen molar-refractivity contribution in [1.82, 2.24) is 10.2 Å². The maximum atomic E-state index is 11.4. The molecule has 0 radical (unpaired) electrons. The van der Waals surface area contributed by atoms with Crippen LogP contribution >= 0.6 is 27.7 Å². The van der Waals surface area contributed by atoms with E-state index >= 15 is 0 Å². The van der Waals surface area contributed by atoms with E-state index < -0.39 is 0 Å². The Morgan fingerprint density at radius 3 is 2.82 bits per heavy atom. The van der Waals surface area contributed by atoms with Gasteiger partial charge in [0.15, 0.2) is 0 Å². The molecule has 0 aromatic carbocycles. The highest BCUT2D eigenvalue weighted by atomic mass is 79.9. The second kappa shape index (κ2) is 5.91. The molecule has 1 fully saturated rings. The zero-order valence-corrected chi connectivity index (χ0v) is 12.1. The molecule has 1 heterocycles. The number of rotatable bonds is 3. The summed E-state index contributed by atoms with van der Waals surface area (Å²) < 4.78 is 0.541. The Labute approximate surface area is 113 Å². The first kappa shape index (κ1) is 13.0. The summed E-state index contributed by atoms with van der Waals surface area (Å²) >= 11 is 5.24. The van der Waals surface area contributed by atoms with Crippen molar-refractivity contribution in [3.8, 4) is 0 Å². The molecule has 0 aliphatic heterocycles. The van der Waals surface area contributed by atoms with E-state index in [-0.39, 0.29) is 5.56 Å². The molecular formula is C11H16BrN3OS. The Kier molecular flexibility index (Phi) is 4.50. The minimum atomic E-state index is -0.187. The second-order valence-corrected chi connectivity index (χ2v) is 6.21. The zero-order chi connectivity index (χ0) is 12.3. The van der Waals surface area contributed by atoms with Crippen LogP contribution in [0.5, 0.6) is 0 Å². The number of halogens is 1. The van der Waals surface area contributed by atoms with Gasteiger partial charge in [0.05, 0.1) is 11.9 Å². The third-order valence-corrected chi connectivity index (χ3v) is 5.09. The van der Waals surface area contributed by atoms with Crippen molar-refractivity contribution in [3.05, 3.63) is 21.0 Å². The van der Waals surface area contributed by atoms with Crippen molar-refractivity contribution in [2.75, 3.05) is 11.6 Å². The van der Waals surface area contributed by atoms with Crippen LogP contribution in [0.3, 0.4) is 0 Å². The maximum absolute atomic E-state index is 11.4. The van der Waals surface area contributed by atoms with Gasteiger partial charge in [0, 0.05) is 11.3 Å².